The van der Waals surface area contributed by atoms with Gasteiger partial charge < -0.3 is 9.64 Å². The van der Waals surface area contributed by atoms with Crippen molar-refractivity contribution in [2.24, 2.45) is 5.10 Å². The monoisotopic (exact) mass is 550 g/mol. The number of hydrogen-bond acceptors (Lipinski definition) is 5. The normalized spacial score (nSPS) is 11.9. The molecule has 0 aliphatic carbocycles. The molecule has 8 heteroatoms. The zero-order valence-corrected chi connectivity index (χ0v) is 22.5. The van der Waals surface area contributed by atoms with E-state index in [1.165, 1.54) is 16.8 Å². The molecule has 1 aromatic heterocycles. The van der Waals surface area contributed by atoms with Crippen LogP contribution < -0.4 is 15.2 Å². The van der Waals surface area contributed by atoms with Crippen molar-refractivity contribution in [3.05, 3.63) is 98.3 Å². The van der Waals surface area contributed by atoms with Crippen LogP contribution >= 0.6 is 15.9 Å². The maximum absolute atomic E-state index is 13.5. The Morgan fingerprint density at radius 2 is 1.81 bits per heavy atom. The van der Waals surface area contributed by atoms with Gasteiger partial charge in [0.05, 0.1) is 17.1 Å². The molecule has 3 aromatic carbocycles. The summed E-state index contributed by atoms with van der Waals surface area (Å²) in [6.07, 6.45) is 1.61. The van der Waals surface area contributed by atoms with E-state index in [0.717, 1.165) is 15.7 Å². The number of benzene rings is 3. The SMILES string of the molecule is CN(C)c1ccc(C=Nn2c(C(C)(C)C)nc3ccc(Br)cc3c2=O)c(OCc2ccc(F)cc2)c1. The van der Waals surface area contributed by atoms with Gasteiger partial charge in [-0.3, -0.25) is 4.79 Å². The number of fused-ring (bicyclic) bond motifs is 1. The van der Waals surface area contributed by atoms with E-state index in [1.807, 2.05) is 70.1 Å². The Balaban J connectivity index is 1.78. The molecule has 4 rings (SSSR count). The van der Waals surface area contributed by atoms with E-state index in [1.54, 1.807) is 24.4 Å². The van der Waals surface area contributed by atoms with E-state index >= 15 is 0 Å². The molecule has 0 radical (unpaired) electrons. The van der Waals surface area contributed by atoms with Gasteiger partial charge >= 0.3 is 0 Å². The minimum absolute atomic E-state index is 0.249. The topological polar surface area (TPSA) is 59.7 Å². The lowest BCUT2D eigenvalue weighted by atomic mass is 9.95. The Morgan fingerprint density at radius 3 is 2.47 bits per heavy atom. The zero-order chi connectivity index (χ0) is 26.0. The van der Waals surface area contributed by atoms with Gasteiger partial charge in [-0.05, 0) is 48.0 Å². The van der Waals surface area contributed by atoms with Crippen LogP contribution in [0.5, 0.6) is 5.75 Å². The Morgan fingerprint density at radius 1 is 1.08 bits per heavy atom. The largest absolute Gasteiger partial charge is 0.488 e. The van der Waals surface area contributed by atoms with E-state index in [4.69, 9.17) is 9.72 Å². The molecule has 0 aliphatic rings. The Hall–Kier alpha value is -3.52. The number of hydrogen-bond donors (Lipinski definition) is 0. The molecule has 6 nitrogen and oxygen atoms in total. The molecular formula is C28H28BrFN4O2. The molecule has 0 spiro atoms. The molecule has 0 aliphatic heterocycles. The molecule has 0 bridgehead atoms. The van der Waals surface area contributed by atoms with E-state index in [2.05, 4.69) is 21.0 Å². The van der Waals surface area contributed by atoms with Crippen molar-refractivity contribution in [2.45, 2.75) is 32.8 Å². The van der Waals surface area contributed by atoms with Gasteiger partial charge in [0, 0.05) is 41.3 Å². The molecule has 0 unspecified atom stereocenters. The van der Waals surface area contributed by atoms with Crippen molar-refractivity contribution in [1.29, 1.82) is 0 Å². The quantitative estimate of drug-likeness (QED) is 0.271. The molecule has 0 fully saturated rings. The van der Waals surface area contributed by atoms with Crippen molar-refractivity contribution in [1.82, 2.24) is 9.66 Å². The summed E-state index contributed by atoms with van der Waals surface area (Å²) in [5.74, 6) is 0.852. The van der Waals surface area contributed by atoms with Crippen LogP contribution in [0.1, 0.15) is 37.7 Å². The zero-order valence-electron chi connectivity index (χ0n) is 20.9. The molecule has 4 aromatic rings. The highest BCUT2D eigenvalue weighted by Gasteiger charge is 2.23. The first-order valence-electron chi connectivity index (χ1n) is 11.5. The fraction of sp³-hybridized carbons (Fsp3) is 0.250. The highest BCUT2D eigenvalue weighted by molar-refractivity contribution is 9.10. The van der Waals surface area contributed by atoms with E-state index < -0.39 is 5.41 Å². The van der Waals surface area contributed by atoms with Crippen molar-refractivity contribution >= 4 is 38.7 Å². The molecule has 1 heterocycles. The molecule has 0 amide bonds. The van der Waals surface area contributed by atoms with Crippen molar-refractivity contribution < 1.29 is 9.13 Å². The summed E-state index contributed by atoms with van der Waals surface area (Å²) >= 11 is 3.44. The van der Waals surface area contributed by atoms with Crippen LogP contribution in [-0.2, 0) is 12.0 Å². The van der Waals surface area contributed by atoms with Crippen LogP contribution in [0.2, 0.25) is 0 Å². The number of anilines is 1. The van der Waals surface area contributed by atoms with Crippen molar-refractivity contribution in [3.8, 4) is 5.75 Å². The molecule has 0 atom stereocenters. The maximum atomic E-state index is 13.5. The molecule has 0 saturated carbocycles. The molecule has 0 saturated heterocycles. The Bertz CT molecular complexity index is 1490. The Kier molecular flexibility index (Phi) is 7.26. The molecular weight excluding hydrogens is 523 g/mol. The lowest BCUT2D eigenvalue weighted by molar-refractivity contribution is 0.305. The highest BCUT2D eigenvalue weighted by atomic mass is 79.9. The van der Waals surface area contributed by atoms with Crippen LogP contribution in [0.15, 0.2) is 75.0 Å². The van der Waals surface area contributed by atoms with Gasteiger partial charge in [0.15, 0.2) is 0 Å². The van der Waals surface area contributed by atoms with Crippen LogP contribution in [-0.4, -0.2) is 30.0 Å². The highest BCUT2D eigenvalue weighted by Crippen LogP contribution is 2.26. The van der Waals surface area contributed by atoms with Crippen LogP contribution in [0, 0.1) is 5.82 Å². The Labute approximate surface area is 218 Å². The van der Waals surface area contributed by atoms with Gasteiger partial charge in [-0.15, -0.1) is 0 Å². The summed E-state index contributed by atoms with van der Waals surface area (Å²) in [6.45, 7) is 6.24. The van der Waals surface area contributed by atoms with Crippen molar-refractivity contribution in [3.63, 3.8) is 0 Å². The predicted molar refractivity (Wildman–Crippen MR) is 147 cm³/mol. The summed E-state index contributed by atoms with van der Waals surface area (Å²) < 4.78 is 21.5. The van der Waals surface area contributed by atoms with Crippen LogP contribution in [0.25, 0.3) is 10.9 Å². The molecule has 0 N–H and O–H groups in total. The van der Waals surface area contributed by atoms with E-state index in [9.17, 15) is 9.18 Å². The minimum atomic E-state index is -0.422. The summed E-state index contributed by atoms with van der Waals surface area (Å²) in [4.78, 5) is 20.2. The molecule has 36 heavy (non-hydrogen) atoms. The third-order valence-corrected chi connectivity index (χ3v) is 6.11. The number of nitrogens with zero attached hydrogens (tertiary/aromatic N) is 4. The van der Waals surface area contributed by atoms with E-state index in [0.29, 0.717) is 28.0 Å². The van der Waals surface area contributed by atoms with Crippen LogP contribution in [0.3, 0.4) is 0 Å². The number of ether oxygens (including phenoxy) is 1. The first-order chi connectivity index (χ1) is 17.0. The fourth-order valence-corrected chi connectivity index (χ4v) is 4.00. The second-order valence-corrected chi connectivity index (χ2v) is 10.7. The number of halogens is 2. The first-order valence-corrected chi connectivity index (χ1v) is 12.3. The number of aromatic nitrogens is 2. The van der Waals surface area contributed by atoms with Gasteiger partial charge in [0.2, 0.25) is 0 Å². The van der Waals surface area contributed by atoms with Gasteiger partial charge in [-0.1, -0.05) is 48.8 Å². The average Bonchev–Trinajstić information content (AvgIpc) is 2.83. The third-order valence-electron chi connectivity index (χ3n) is 5.61. The van der Waals surface area contributed by atoms with Crippen LogP contribution in [0.4, 0.5) is 10.1 Å². The number of rotatable bonds is 6. The second-order valence-electron chi connectivity index (χ2n) is 9.74. The minimum Gasteiger partial charge on any atom is -0.488 e. The fourth-order valence-electron chi connectivity index (χ4n) is 3.64. The second kappa shape index (κ2) is 10.2. The standard InChI is InChI=1S/C28H28BrFN4O2/c1-28(2,3)27-32-24-13-9-20(29)14-23(24)26(35)34(27)31-16-19-8-12-22(33(4)5)15-25(19)36-17-18-6-10-21(30)11-7-18/h6-16H,17H2,1-5H3. The molecule has 186 valence electrons. The summed E-state index contributed by atoms with van der Waals surface area (Å²) in [5, 5.41) is 5.06. The van der Waals surface area contributed by atoms with Gasteiger partial charge in [0.1, 0.15) is 24.0 Å². The predicted octanol–water partition coefficient (Wildman–Crippen LogP) is 6.12. The van der Waals surface area contributed by atoms with Crippen molar-refractivity contribution in [2.75, 3.05) is 19.0 Å². The first kappa shape index (κ1) is 25.6. The summed E-state index contributed by atoms with van der Waals surface area (Å²) in [5.41, 5.74) is 2.44. The third kappa shape index (κ3) is 5.65. The lowest BCUT2D eigenvalue weighted by Gasteiger charge is -2.21. The average molecular weight is 551 g/mol. The lowest BCUT2D eigenvalue weighted by Crippen LogP contribution is -2.29. The van der Waals surface area contributed by atoms with Gasteiger partial charge in [-0.25, -0.2) is 9.37 Å². The van der Waals surface area contributed by atoms with Gasteiger partial charge in [-0.2, -0.15) is 9.78 Å². The summed E-state index contributed by atoms with van der Waals surface area (Å²) in [7, 11) is 3.89. The summed E-state index contributed by atoms with van der Waals surface area (Å²) in [6, 6.07) is 17.4. The van der Waals surface area contributed by atoms with E-state index in [-0.39, 0.29) is 18.0 Å². The smallest absolute Gasteiger partial charge is 0.282 e. The maximum Gasteiger partial charge on any atom is 0.282 e. The van der Waals surface area contributed by atoms with Gasteiger partial charge in [0.25, 0.3) is 5.56 Å².